The molecule has 0 unspecified atom stereocenters. The zero-order valence-electron chi connectivity index (χ0n) is 9.82. The summed E-state index contributed by atoms with van der Waals surface area (Å²) in [6, 6.07) is 5.69. The molecule has 16 heavy (non-hydrogen) atoms. The second-order valence-corrected chi connectivity index (χ2v) is 4.66. The van der Waals surface area contributed by atoms with Crippen molar-refractivity contribution in [3.63, 3.8) is 0 Å². The van der Waals surface area contributed by atoms with Crippen molar-refractivity contribution in [2.75, 3.05) is 0 Å². The van der Waals surface area contributed by atoms with Crippen LogP contribution in [-0.2, 0) is 4.79 Å². The lowest BCUT2D eigenvalue weighted by Crippen LogP contribution is -2.48. The summed E-state index contributed by atoms with van der Waals surface area (Å²) in [5.41, 5.74) is 0.336. The van der Waals surface area contributed by atoms with Gasteiger partial charge in [0.1, 0.15) is 6.17 Å². The Hall–Kier alpha value is -1.42. The molecular formula is C12H17N3O. The molecule has 0 spiro atoms. The molecule has 0 bridgehead atoms. The van der Waals surface area contributed by atoms with Crippen LogP contribution < -0.4 is 10.6 Å². The Morgan fingerprint density at radius 1 is 1.44 bits per heavy atom. The van der Waals surface area contributed by atoms with E-state index in [4.69, 9.17) is 0 Å². The van der Waals surface area contributed by atoms with Crippen molar-refractivity contribution in [1.29, 1.82) is 0 Å². The van der Waals surface area contributed by atoms with E-state index >= 15 is 0 Å². The van der Waals surface area contributed by atoms with Gasteiger partial charge >= 0.3 is 0 Å². The number of carbonyl (C=O) groups excluding carboxylic acids is 1. The van der Waals surface area contributed by atoms with Gasteiger partial charge in [-0.2, -0.15) is 0 Å². The standard InChI is InChI=1S/C12H17N3O/c1-8(2)12(3)11(16)14-10(15-12)9-6-4-5-7-13-9/h4-8,10,15H,1-3H3,(H,14,16)/t10-,12+/m0/s1. The lowest BCUT2D eigenvalue weighted by molar-refractivity contribution is -0.125. The summed E-state index contributed by atoms with van der Waals surface area (Å²) in [7, 11) is 0. The molecule has 1 saturated heterocycles. The number of amides is 1. The van der Waals surface area contributed by atoms with Crippen molar-refractivity contribution in [3.8, 4) is 0 Å². The fraction of sp³-hybridized carbons (Fsp3) is 0.500. The van der Waals surface area contributed by atoms with Gasteiger partial charge in [-0.25, -0.2) is 0 Å². The number of aromatic nitrogens is 1. The molecule has 0 aliphatic carbocycles. The normalized spacial score (nSPS) is 29.5. The van der Waals surface area contributed by atoms with Gasteiger partial charge in [-0.3, -0.25) is 15.1 Å². The molecule has 1 aromatic heterocycles. The van der Waals surface area contributed by atoms with Crippen molar-refractivity contribution >= 4 is 5.91 Å². The van der Waals surface area contributed by atoms with Gasteiger partial charge in [0.2, 0.25) is 5.91 Å². The van der Waals surface area contributed by atoms with Crippen LogP contribution in [0.3, 0.4) is 0 Å². The number of hydrogen-bond acceptors (Lipinski definition) is 3. The molecule has 1 fully saturated rings. The van der Waals surface area contributed by atoms with Crippen LogP contribution in [0.25, 0.3) is 0 Å². The first kappa shape index (κ1) is 11.1. The van der Waals surface area contributed by atoms with Gasteiger partial charge in [0, 0.05) is 6.20 Å². The van der Waals surface area contributed by atoms with Crippen LogP contribution in [0.5, 0.6) is 0 Å². The molecule has 1 aliphatic heterocycles. The first-order valence-corrected chi connectivity index (χ1v) is 5.53. The van der Waals surface area contributed by atoms with Crippen molar-refractivity contribution in [3.05, 3.63) is 30.1 Å². The smallest absolute Gasteiger partial charge is 0.241 e. The molecule has 2 atom stereocenters. The van der Waals surface area contributed by atoms with Gasteiger partial charge in [0.15, 0.2) is 0 Å². The maximum Gasteiger partial charge on any atom is 0.241 e. The second kappa shape index (κ2) is 3.87. The quantitative estimate of drug-likeness (QED) is 0.786. The molecule has 1 aliphatic rings. The van der Waals surface area contributed by atoms with Gasteiger partial charge in [0.05, 0.1) is 11.2 Å². The number of pyridine rings is 1. The molecule has 0 saturated carbocycles. The van der Waals surface area contributed by atoms with E-state index in [-0.39, 0.29) is 18.0 Å². The summed E-state index contributed by atoms with van der Waals surface area (Å²) in [6.45, 7) is 6.00. The van der Waals surface area contributed by atoms with E-state index in [1.54, 1.807) is 6.20 Å². The lowest BCUT2D eigenvalue weighted by atomic mass is 9.89. The van der Waals surface area contributed by atoms with E-state index in [2.05, 4.69) is 15.6 Å². The number of carbonyl (C=O) groups is 1. The van der Waals surface area contributed by atoms with E-state index in [9.17, 15) is 4.79 Å². The molecule has 2 rings (SSSR count). The van der Waals surface area contributed by atoms with Gasteiger partial charge in [-0.05, 0) is 25.0 Å². The van der Waals surface area contributed by atoms with E-state index in [1.807, 2.05) is 39.0 Å². The topological polar surface area (TPSA) is 54.0 Å². The highest BCUT2D eigenvalue weighted by molar-refractivity contribution is 5.88. The minimum Gasteiger partial charge on any atom is -0.334 e. The van der Waals surface area contributed by atoms with Crippen LogP contribution in [0.1, 0.15) is 32.6 Å². The SMILES string of the molecule is CC(C)[C@@]1(C)N[C@@H](c2ccccn2)NC1=O. The molecule has 1 aromatic rings. The van der Waals surface area contributed by atoms with Gasteiger partial charge in [-0.1, -0.05) is 19.9 Å². The Morgan fingerprint density at radius 2 is 2.19 bits per heavy atom. The first-order valence-electron chi connectivity index (χ1n) is 5.53. The number of rotatable bonds is 2. The number of nitrogens with one attached hydrogen (secondary N) is 2. The second-order valence-electron chi connectivity index (χ2n) is 4.66. The Morgan fingerprint density at radius 3 is 2.69 bits per heavy atom. The Kier molecular flexibility index (Phi) is 2.68. The van der Waals surface area contributed by atoms with Crippen LogP contribution in [0.15, 0.2) is 24.4 Å². The molecule has 0 radical (unpaired) electrons. The average molecular weight is 219 g/mol. The third-order valence-electron chi connectivity index (χ3n) is 3.33. The number of hydrogen-bond donors (Lipinski definition) is 2. The Bertz CT molecular complexity index is 391. The minimum atomic E-state index is -0.512. The highest BCUT2D eigenvalue weighted by Crippen LogP contribution is 2.26. The minimum absolute atomic E-state index is 0.0400. The largest absolute Gasteiger partial charge is 0.334 e. The van der Waals surface area contributed by atoms with Crippen LogP contribution in [0, 0.1) is 5.92 Å². The summed E-state index contributed by atoms with van der Waals surface area (Å²) in [5, 5.41) is 6.24. The summed E-state index contributed by atoms with van der Waals surface area (Å²) in [5.74, 6) is 0.277. The van der Waals surface area contributed by atoms with Crippen molar-refractivity contribution in [1.82, 2.24) is 15.6 Å². The van der Waals surface area contributed by atoms with Crippen molar-refractivity contribution in [2.45, 2.75) is 32.5 Å². The fourth-order valence-electron chi connectivity index (χ4n) is 1.81. The molecule has 1 amide bonds. The van der Waals surface area contributed by atoms with Gasteiger partial charge < -0.3 is 5.32 Å². The Labute approximate surface area is 95.5 Å². The Balaban J connectivity index is 2.22. The molecule has 2 N–H and O–H groups in total. The van der Waals surface area contributed by atoms with Crippen LogP contribution >= 0.6 is 0 Å². The summed E-state index contributed by atoms with van der Waals surface area (Å²) >= 11 is 0. The number of nitrogens with zero attached hydrogens (tertiary/aromatic N) is 1. The van der Waals surface area contributed by atoms with Gasteiger partial charge in [-0.15, -0.1) is 0 Å². The van der Waals surface area contributed by atoms with E-state index in [1.165, 1.54) is 0 Å². The molecule has 0 aromatic carbocycles. The monoisotopic (exact) mass is 219 g/mol. The third-order valence-corrected chi connectivity index (χ3v) is 3.33. The zero-order valence-corrected chi connectivity index (χ0v) is 9.82. The predicted molar refractivity (Wildman–Crippen MR) is 61.5 cm³/mol. The molecule has 2 heterocycles. The van der Waals surface area contributed by atoms with E-state index < -0.39 is 5.54 Å². The van der Waals surface area contributed by atoms with Crippen LogP contribution in [0.4, 0.5) is 0 Å². The predicted octanol–water partition coefficient (Wildman–Crippen LogP) is 1.21. The zero-order chi connectivity index (χ0) is 11.8. The lowest BCUT2D eigenvalue weighted by Gasteiger charge is -2.26. The maximum atomic E-state index is 11.9. The summed E-state index contributed by atoms with van der Waals surface area (Å²) < 4.78 is 0. The summed E-state index contributed by atoms with van der Waals surface area (Å²) in [6.07, 6.45) is 1.55. The van der Waals surface area contributed by atoms with E-state index in [0.717, 1.165) is 5.69 Å². The first-order chi connectivity index (χ1) is 7.54. The summed E-state index contributed by atoms with van der Waals surface area (Å²) in [4.78, 5) is 16.2. The molecular weight excluding hydrogens is 202 g/mol. The van der Waals surface area contributed by atoms with Crippen LogP contribution in [0.2, 0.25) is 0 Å². The maximum absolute atomic E-state index is 11.9. The average Bonchev–Trinajstić information content (AvgIpc) is 2.58. The molecule has 4 nitrogen and oxygen atoms in total. The fourth-order valence-corrected chi connectivity index (χ4v) is 1.81. The van der Waals surface area contributed by atoms with E-state index in [0.29, 0.717) is 0 Å². The molecule has 4 heteroatoms. The van der Waals surface area contributed by atoms with Crippen LogP contribution in [-0.4, -0.2) is 16.4 Å². The highest BCUT2D eigenvalue weighted by Gasteiger charge is 2.45. The van der Waals surface area contributed by atoms with Gasteiger partial charge in [0.25, 0.3) is 0 Å². The van der Waals surface area contributed by atoms with Crippen molar-refractivity contribution in [2.24, 2.45) is 5.92 Å². The third kappa shape index (κ3) is 1.69. The van der Waals surface area contributed by atoms with Crippen molar-refractivity contribution < 1.29 is 4.79 Å². The highest BCUT2D eigenvalue weighted by atomic mass is 16.2. The molecule has 86 valence electrons.